The molecule has 1 unspecified atom stereocenters. The summed E-state index contributed by atoms with van der Waals surface area (Å²) in [4.78, 5) is 11.3. The first kappa shape index (κ1) is 19.6. The van der Waals surface area contributed by atoms with Crippen LogP contribution in [0.25, 0.3) is 0 Å². The Bertz CT molecular complexity index is 629. The summed E-state index contributed by atoms with van der Waals surface area (Å²) >= 11 is 0. The van der Waals surface area contributed by atoms with E-state index in [4.69, 9.17) is 9.31 Å². The monoisotopic (exact) mass is 360 g/mol. The highest BCUT2D eigenvalue weighted by Gasteiger charge is 2.54. The zero-order valence-electron chi connectivity index (χ0n) is 14.4. The Labute approximate surface area is 144 Å². The smallest absolute Gasteiger partial charge is 0.481 e. The van der Waals surface area contributed by atoms with E-state index in [9.17, 15) is 23.1 Å². The molecule has 0 aliphatic carbocycles. The topological polar surface area (TPSA) is 65.0 Å². The van der Waals surface area contributed by atoms with Gasteiger partial charge in [-0.15, -0.1) is 13.2 Å². The predicted molar refractivity (Wildman–Crippen MR) is 84.2 cm³/mol. The fourth-order valence-electron chi connectivity index (χ4n) is 2.60. The maximum Gasteiger partial charge on any atom is 0.573 e. The third-order valence-electron chi connectivity index (χ3n) is 4.54. The molecule has 25 heavy (non-hydrogen) atoms. The van der Waals surface area contributed by atoms with Crippen molar-refractivity contribution in [2.24, 2.45) is 0 Å². The Hall–Kier alpha value is -1.74. The second-order valence-corrected chi connectivity index (χ2v) is 6.91. The summed E-state index contributed by atoms with van der Waals surface area (Å²) in [5, 5.41) is 9.22. The van der Waals surface area contributed by atoms with E-state index in [0.29, 0.717) is 0 Å². The van der Waals surface area contributed by atoms with Crippen LogP contribution in [0.15, 0.2) is 24.3 Å². The molecular formula is C16H20BF3O5. The van der Waals surface area contributed by atoms with Gasteiger partial charge in [0.25, 0.3) is 0 Å². The van der Waals surface area contributed by atoms with Crippen LogP contribution in [-0.4, -0.2) is 35.8 Å². The van der Waals surface area contributed by atoms with Crippen molar-refractivity contribution in [1.29, 1.82) is 0 Å². The van der Waals surface area contributed by atoms with Gasteiger partial charge in [0.05, 0.1) is 17.6 Å². The number of carboxylic acids is 1. The number of ether oxygens (including phenoxy) is 1. The van der Waals surface area contributed by atoms with Gasteiger partial charge in [-0.05, 0) is 39.3 Å². The Morgan fingerprint density at radius 1 is 1.20 bits per heavy atom. The molecule has 0 saturated carbocycles. The van der Waals surface area contributed by atoms with Crippen LogP contribution in [0, 0.1) is 0 Å². The Balaban J connectivity index is 2.42. The lowest BCUT2D eigenvalue weighted by molar-refractivity contribution is -0.274. The highest BCUT2D eigenvalue weighted by molar-refractivity contribution is 6.48. The molecule has 0 radical (unpaired) electrons. The Morgan fingerprint density at radius 2 is 1.72 bits per heavy atom. The van der Waals surface area contributed by atoms with E-state index < -0.39 is 48.6 Å². The first-order valence-electron chi connectivity index (χ1n) is 7.74. The number of para-hydroxylation sites is 1. The molecule has 9 heteroatoms. The molecule has 1 aliphatic rings. The van der Waals surface area contributed by atoms with Gasteiger partial charge >= 0.3 is 19.5 Å². The quantitative estimate of drug-likeness (QED) is 0.810. The van der Waals surface area contributed by atoms with Crippen LogP contribution < -0.4 is 4.74 Å². The van der Waals surface area contributed by atoms with Crippen LogP contribution in [0.3, 0.4) is 0 Å². The largest absolute Gasteiger partial charge is 0.573 e. The summed E-state index contributed by atoms with van der Waals surface area (Å²) in [7, 11) is -1.01. The molecule has 1 atom stereocenters. The van der Waals surface area contributed by atoms with Crippen molar-refractivity contribution in [1.82, 2.24) is 0 Å². The summed E-state index contributed by atoms with van der Waals surface area (Å²) in [6.07, 6.45) is -5.35. The molecule has 1 N–H and O–H groups in total. The van der Waals surface area contributed by atoms with Crippen molar-refractivity contribution in [2.75, 3.05) is 0 Å². The average Bonchev–Trinajstić information content (AvgIpc) is 2.63. The zero-order chi connectivity index (χ0) is 19.0. The maximum atomic E-state index is 12.7. The van der Waals surface area contributed by atoms with Gasteiger partial charge in [-0.2, -0.15) is 0 Å². The van der Waals surface area contributed by atoms with Gasteiger partial charge in [-0.3, -0.25) is 4.79 Å². The standard InChI is InChI=1S/C16H20BF3O5/c1-14(2)15(3,4)25-17(24-14)11(9-13(21)22)10-7-5-6-8-12(10)23-16(18,19)20/h5-8,11H,9H2,1-4H3,(H,21,22). The molecule has 0 spiro atoms. The van der Waals surface area contributed by atoms with Crippen LogP contribution in [-0.2, 0) is 14.1 Å². The lowest BCUT2D eigenvalue weighted by Crippen LogP contribution is -2.41. The molecule has 0 aromatic heterocycles. The normalized spacial score (nSPS) is 20.4. The minimum absolute atomic E-state index is 0.0701. The lowest BCUT2D eigenvalue weighted by atomic mass is 9.66. The third-order valence-corrected chi connectivity index (χ3v) is 4.54. The number of aliphatic carboxylic acids is 1. The molecule has 0 amide bonds. The highest BCUT2D eigenvalue weighted by atomic mass is 19.4. The first-order valence-corrected chi connectivity index (χ1v) is 7.74. The predicted octanol–water partition coefficient (Wildman–Crippen LogP) is 3.77. The second kappa shape index (κ2) is 6.53. The highest BCUT2D eigenvalue weighted by Crippen LogP contribution is 2.43. The lowest BCUT2D eigenvalue weighted by Gasteiger charge is -2.32. The van der Waals surface area contributed by atoms with Gasteiger partial charge in [0.1, 0.15) is 5.75 Å². The van der Waals surface area contributed by atoms with Gasteiger partial charge in [-0.1, -0.05) is 18.2 Å². The molecule has 1 aromatic rings. The van der Waals surface area contributed by atoms with Crippen LogP contribution in [0.4, 0.5) is 13.2 Å². The third kappa shape index (κ3) is 4.46. The van der Waals surface area contributed by atoms with Crippen molar-refractivity contribution < 1.29 is 37.1 Å². The summed E-state index contributed by atoms with van der Waals surface area (Å²) in [6.45, 7) is 7.12. The van der Waals surface area contributed by atoms with Crippen molar-refractivity contribution in [3.05, 3.63) is 29.8 Å². The van der Waals surface area contributed by atoms with E-state index in [0.717, 1.165) is 6.07 Å². The van der Waals surface area contributed by atoms with Crippen molar-refractivity contribution >= 4 is 13.1 Å². The zero-order valence-corrected chi connectivity index (χ0v) is 14.4. The van der Waals surface area contributed by atoms with Gasteiger partial charge in [0.15, 0.2) is 0 Å². The molecule has 2 rings (SSSR count). The average molecular weight is 360 g/mol. The molecule has 5 nitrogen and oxygen atoms in total. The number of hydrogen-bond donors (Lipinski definition) is 1. The molecule has 138 valence electrons. The minimum atomic E-state index is -4.89. The SMILES string of the molecule is CC1(C)OB(C(CC(=O)O)c2ccccc2OC(F)(F)F)OC1(C)C. The van der Waals surface area contributed by atoms with Crippen LogP contribution in [0.5, 0.6) is 5.75 Å². The van der Waals surface area contributed by atoms with Crippen LogP contribution >= 0.6 is 0 Å². The van der Waals surface area contributed by atoms with Gasteiger partial charge in [0, 0.05) is 5.82 Å². The number of benzene rings is 1. The molecular weight excluding hydrogens is 340 g/mol. The van der Waals surface area contributed by atoms with E-state index in [2.05, 4.69) is 4.74 Å². The number of rotatable bonds is 5. The summed E-state index contributed by atoms with van der Waals surface area (Å²) in [5.74, 6) is -2.60. The number of hydrogen-bond acceptors (Lipinski definition) is 4. The maximum absolute atomic E-state index is 12.7. The molecule has 1 aromatic carbocycles. The number of alkyl halides is 3. The molecule has 1 fully saturated rings. The second-order valence-electron chi connectivity index (χ2n) is 6.91. The van der Waals surface area contributed by atoms with Gasteiger partial charge in [-0.25, -0.2) is 0 Å². The fraction of sp³-hybridized carbons (Fsp3) is 0.562. The van der Waals surface area contributed by atoms with Crippen molar-refractivity contribution in [3.63, 3.8) is 0 Å². The molecule has 1 saturated heterocycles. The number of carbonyl (C=O) groups is 1. The van der Waals surface area contributed by atoms with Gasteiger partial charge < -0.3 is 19.2 Å². The summed E-state index contributed by atoms with van der Waals surface area (Å²) < 4.78 is 53.8. The van der Waals surface area contributed by atoms with Crippen molar-refractivity contribution in [2.45, 2.75) is 57.5 Å². The summed E-state index contributed by atoms with van der Waals surface area (Å²) in [5.41, 5.74) is -1.41. The van der Waals surface area contributed by atoms with Crippen LogP contribution in [0.1, 0.15) is 45.5 Å². The molecule has 1 heterocycles. The van der Waals surface area contributed by atoms with E-state index in [-0.39, 0.29) is 5.56 Å². The number of carboxylic acid groups (broad SMARTS) is 1. The van der Waals surface area contributed by atoms with Gasteiger partial charge in [0.2, 0.25) is 0 Å². The molecule has 0 bridgehead atoms. The Morgan fingerprint density at radius 3 is 2.20 bits per heavy atom. The van der Waals surface area contributed by atoms with Crippen LogP contribution in [0.2, 0.25) is 0 Å². The van der Waals surface area contributed by atoms with E-state index in [1.54, 1.807) is 27.7 Å². The summed E-state index contributed by atoms with van der Waals surface area (Å²) in [6, 6.07) is 5.42. The van der Waals surface area contributed by atoms with E-state index in [1.165, 1.54) is 18.2 Å². The minimum Gasteiger partial charge on any atom is -0.481 e. The number of halogens is 3. The van der Waals surface area contributed by atoms with Crippen molar-refractivity contribution in [3.8, 4) is 5.75 Å². The molecule has 1 aliphatic heterocycles. The van der Waals surface area contributed by atoms with E-state index in [1.807, 2.05) is 0 Å². The van der Waals surface area contributed by atoms with E-state index >= 15 is 0 Å². The fourth-order valence-corrected chi connectivity index (χ4v) is 2.60. The Kier molecular flexibility index (Phi) is 5.12. The first-order chi connectivity index (χ1) is 11.3.